The number of benzene rings is 4. The Balaban J connectivity index is 1.24. The van der Waals surface area contributed by atoms with Gasteiger partial charge in [0.25, 0.3) is 11.8 Å². The van der Waals surface area contributed by atoms with Crippen LogP contribution in [0.1, 0.15) is 31.8 Å². The highest BCUT2D eigenvalue weighted by Gasteiger charge is 2.17. The third kappa shape index (κ3) is 5.70. The summed E-state index contributed by atoms with van der Waals surface area (Å²) in [6.07, 6.45) is 0. The van der Waals surface area contributed by atoms with Crippen molar-refractivity contribution in [3.63, 3.8) is 0 Å². The number of nitrogens with one attached hydrogen (secondary N) is 2. The summed E-state index contributed by atoms with van der Waals surface area (Å²) in [6.45, 7) is 0.852. The maximum atomic E-state index is 13.1. The van der Waals surface area contributed by atoms with E-state index in [1.807, 2.05) is 48.5 Å². The lowest BCUT2D eigenvalue weighted by atomic mass is 10.1. The number of carbonyl (C=O) groups excluding carboxylic acids is 2. The van der Waals surface area contributed by atoms with Gasteiger partial charge in [-0.15, -0.1) is 0 Å². The molecule has 0 spiro atoms. The predicted molar refractivity (Wildman–Crippen MR) is 142 cm³/mol. The Kier molecular flexibility index (Phi) is 7.40. The summed E-state index contributed by atoms with van der Waals surface area (Å²) in [5.41, 5.74) is 2.99. The van der Waals surface area contributed by atoms with Crippen molar-refractivity contribution >= 4 is 17.5 Å². The van der Waals surface area contributed by atoms with Crippen molar-refractivity contribution < 1.29 is 28.5 Å². The Labute approximate surface area is 220 Å². The Morgan fingerprint density at radius 3 is 2.42 bits per heavy atom. The standard InChI is InChI=1S/C30H26N2O6/c1-35-27-16-22(12-14-25(27)36-18-20-7-3-2-4-8-20)29(33)32-24-10-6-5-9-23(24)30(34)31-17-21-11-13-26-28(15-21)38-19-37-26/h2-16H,17-19H2,1H3,(H,31,34)(H,32,33). The minimum absolute atomic E-state index is 0.188. The van der Waals surface area contributed by atoms with E-state index in [2.05, 4.69) is 10.6 Å². The number of anilines is 1. The van der Waals surface area contributed by atoms with Gasteiger partial charge in [0.1, 0.15) is 6.61 Å². The quantitative estimate of drug-likeness (QED) is 0.322. The summed E-state index contributed by atoms with van der Waals surface area (Å²) in [5, 5.41) is 5.73. The second-order valence-corrected chi connectivity index (χ2v) is 8.51. The number of hydrogen-bond donors (Lipinski definition) is 2. The van der Waals surface area contributed by atoms with Gasteiger partial charge < -0.3 is 29.6 Å². The zero-order valence-corrected chi connectivity index (χ0v) is 20.7. The van der Waals surface area contributed by atoms with Gasteiger partial charge in [0.2, 0.25) is 6.79 Å². The first kappa shape index (κ1) is 24.7. The molecule has 0 fully saturated rings. The van der Waals surface area contributed by atoms with Gasteiger partial charge in [-0.25, -0.2) is 0 Å². The molecule has 1 aliphatic rings. The first-order chi connectivity index (χ1) is 18.6. The van der Waals surface area contributed by atoms with Crippen molar-refractivity contribution in [1.29, 1.82) is 0 Å². The molecule has 0 atom stereocenters. The van der Waals surface area contributed by atoms with Crippen LogP contribution in [-0.4, -0.2) is 25.7 Å². The summed E-state index contributed by atoms with van der Waals surface area (Å²) < 4.78 is 22.1. The van der Waals surface area contributed by atoms with E-state index in [0.29, 0.717) is 53.0 Å². The molecule has 2 N–H and O–H groups in total. The van der Waals surface area contributed by atoms with E-state index in [1.54, 1.807) is 42.5 Å². The fourth-order valence-corrected chi connectivity index (χ4v) is 3.98. The average Bonchev–Trinajstić information content (AvgIpc) is 3.43. The zero-order chi connectivity index (χ0) is 26.3. The minimum atomic E-state index is -0.381. The van der Waals surface area contributed by atoms with E-state index in [9.17, 15) is 9.59 Å². The number of methoxy groups -OCH3 is 1. The smallest absolute Gasteiger partial charge is 0.255 e. The van der Waals surface area contributed by atoms with Crippen LogP contribution in [0.3, 0.4) is 0 Å². The molecule has 0 radical (unpaired) electrons. The van der Waals surface area contributed by atoms with Crippen molar-refractivity contribution in [1.82, 2.24) is 5.32 Å². The molecule has 4 aromatic carbocycles. The fraction of sp³-hybridized carbons (Fsp3) is 0.133. The van der Waals surface area contributed by atoms with Crippen molar-refractivity contribution in [2.75, 3.05) is 19.2 Å². The minimum Gasteiger partial charge on any atom is -0.493 e. The maximum absolute atomic E-state index is 13.1. The molecule has 0 bridgehead atoms. The SMILES string of the molecule is COc1cc(C(=O)Nc2ccccc2C(=O)NCc2ccc3c(c2)OCO3)ccc1OCc1ccccc1. The summed E-state index contributed by atoms with van der Waals surface area (Å²) in [6, 6.07) is 27.1. The Morgan fingerprint density at radius 1 is 0.789 bits per heavy atom. The maximum Gasteiger partial charge on any atom is 0.255 e. The van der Waals surface area contributed by atoms with E-state index < -0.39 is 0 Å². The molecule has 0 saturated heterocycles. The number of para-hydroxylation sites is 1. The first-order valence-electron chi connectivity index (χ1n) is 12.0. The third-order valence-electron chi connectivity index (χ3n) is 5.97. The highest BCUT2D eigenvalue weighted by molar-refractivity contribution is 6.09. The van der Waals surface area contributed by atoms with E-state index in [0.717, 1.165) is 11.1 Å². The highest BCUT2D eigenvalue weighted by Crippen LogP contribution is 2.32. The van der Waals surface area contributed by atoms with Crippen LogP contribution in [0.15, 0.2) is 91.0 Å². The molecule has 38 heavy (non-hydrogen) atoms. The molecular weight excluding hydrogens is 484 g/mol. The van der Waals surface area contributed by atoms with Crippen LogP contribution >= 0.6 is 0 Å². The van der Waals surface area contributed by atoms with Gasteiger partial charge in [0, 0.05) is 12.1 Å². The van der Waals surface area contributed by atoms with Crippen LogP contribution in [0.5, 0.6) is 23.0 Å². The Bertz CT molecular complexity index is 1450. The Morgan fingerprint density at radius 2 is 1.58 bits per heavy atom. The predicted octanol–water partition coefficient (Wildman–Crippen LogP) is 5.19. The first-order valence-corrected chi connectivity index (χ1v) is 12.0. The van der Waals surface area contributed by atoms with Crippen molar-refractivity contribution in [2.45, 2.75) is 13.2 Å². The second-order valence-electron chi connectivity index (χ2n) is 8.51. The lowest BCUT2D eigenvalue weighted by Gasteiger charge is -2.14. The van der Waals surface area contributed by atoms with Crippen LogP contribution in [0.4, 0.5) is 5.69 Å². The van der Waals surface area contributed by atoms with E-state index in [1.165, 1.54) is 7.11 Å². The third-order valence-corrected chi connectivity index (χ3v) is 5.97. The normalized spacial score (nSPS) is 11.5. The van der Waals surface area contributed by atoms with Gasteiger partial charge >= 0.3 is 0 Å². The summed E-state index contributed by atoms with van der Waals surface area (Å²) in [4.78, 5) is 26.0. The van der Waals surface area contributed by atoms with Crippen LogP contribution in [-0.2, 0) is 13.2 Å². The molecule has 1 aliphatic heterocycles. The van der Waals surface area contributed by atoms with Crippen LogP contribution in [0.2, 0.25) is 0 Å². The molecule has 192 valence electrons. The molecule has 2 amide bonds. The van der Waals surface area contributed by atoms with Gasteiger partial charge in [-0.1, -0.05) is 48.5 Å². The van der Waals surface area contributed by atoms with Crippen LogP contribution < -0.4 is 29.6 Å². The molecule has 0 aromatic heterocycles. The molecule has 8 nitrogen and oxygen atoms in total. The molecule has 4 aromatic rings. The number of fused-ring (bicyclic) bond motifs is 1. The van der Waals surface area contributed by atoms with Gasteiger partial charge in [0.05, 0.1) is 18.4 Å². The topological polar surface area (TPSA) is 95.1 Å². The molecule has 0 saturated carbocycles. The Hall–Kier alpha value is -4.98. The van der Waals surface area contributed by atoms with E-state index >= 15 is 0 Å². The monoisotopic (exact) mass is 510 g/mol. The molecule has 0 unspecified atom stereocenters. The average molecular weight is 511 g/mol. The highest BCUT2D eigenvalue weighted by atomic mass is 16.7. The van der Waals surface area contributed by atoms with Crippen LogP contribution in [0.25, 0.3) is 0 Å². The number of ether oxygens (including phenoxy) is 4. The van der Waals surface area contributed by atoms with E-state index in [4.69, 9.17) is 18.9 Å². The zero-order valence-electron chi connectivity index (χ0n) is 20.7. The van der Waals surface area contributed by atoms with E-state index in [-0.39, 0.29) is 18.6 Å². The summed E-state index contributed by atoms with van der Waals surface area (Å²) in [7, 11) is 1.52. The second kappa shape index (κ2) is 11.4. The fourth-order valence-electron chi connectivity index (χ4n) is 3.98. The number of rotatable bonds is 9. The number of amides is 2. The summed E-state index contributed by atoms with van der Waals surface area (Å²) in [5.74, 6) is 1.59. The molecule has 0 aliphatic carbocycles. The molecule has 5 rings (SSSR count). The number of carbonyl (C=O) groups is 2. The van der Waals surface area contributed by atoms with Gasteiger partial charge in [-0.05, 0) is 53.6 Å². The van der Waals surface area contributed by atoms with Crippen molar-refractivity contribution in [3.05, 3.63) is 113 Å². The molecule has 1 heterocycles. The largest absolute Gasteiger partial charge is 0.493 e. The lowest BCUT2D eigenvalue weighted by molar-refractivity contribution is 0.0951. The molecular formula is C30H26N2O6. The van der Waals surface area contributed by atoms with Crippen molar-refractivity contribution in [3.8, 4) is 23.0 Å². The number of hydrogen-bond acceptors (Lipinski definition) is 6. The van der Waals surface area contributed by atoms with Crippen molar-refractivity contribution in [2.24, 2.45) is 0 Å². The lowest BCUT2D eigenvalue weighted by Crippen LogP contribution is -2.25. The van der Waals surface area contributed by atoms with Gasteiger partial charge in [-0.3, -0.25) is 9.59 Å². The van der Waals surface area contributed by atoms with Gasteiger partial charge in [-0.2, -0.15) is 0 Å². The van der Waals surface area contributed by atoms with Gasteiger partial charge in [0.15, 0.2) is 23.0 Å². The van der Waals surface area contributed by atoms with Crippen LogP contribution in [0, 0.1) is 0 Å². The molecule has 8 heteroatoms. The summed E-state index contributed by atoms with van der Waals surface area (Å²) >= 11 is 0.